The number of hydrogen-bond acceptors (Lipinski definition) is 2. The summed E-state index contributed by atoms with van der Waals surface area (Å²) in [6.07, 6.45) is 0.823. The number of halogens is 3. The Kier molecular flexibility index (Phi) is 7.48. The van der Waals surface area contributed by atoms with E-state index in [9.17, 15) is 18.0 Å². The van der Waals surface area contributed by atoms with Crippen molar-refractivity contribution in [1.82, 2.24) is 5.32 Å². The van der Waals surface area contributed by atoms with E-state index in [2.05, 4.69) is 10.1 Å². The molecule has 0 aromatic heterocycles. The van der Waals surface area contributed by atoms with E-state index in [0.29, 0.717) is 34.4 Å². The zero-order valence-corrected chi connectivity index (χ0v) is 18.1. The van der Waals surface area contributed by atoms with Gasteiger partial charge in [0.25, 0.3) is 0 Å². The number of hydrogen-bond donors (Lipinski definition) is 1. The van der Waals surface area contributed by atoms with Crippen molar-refractivity contribution in [2.75, 3.05) is 6.54 Å². The van der Waals surface area contributed by atoms with Gasteiger partial charge in [-0.3, -0.25) is 4.79 Å². The predicted octanol–water partition coefficient (Wildman–Crippen LogP) is 5.92. The lowest BCUT2D eigenvalue weighted by atomic mass is 9.91. The van der Waals surface area contributed by atoms with E-state index in [1.807, 2.05) is 13.8 Å². The molecule has 0 aliphatic heterocycles. The minimum atomic E-state index is -3.36. The van der Waals surface area contributed by atoms with Crippen LogP contribution in [0.5, 0.6) is 5.75 Å². The first-order chi connectivity index (χ1) is 13.5. The lowest BCUT2D eigenvalue weighted by molar-refractivity contribution is -0.117. The number of ether oxygens (including phenoxy) is 1. The number of alkyl halides is 2. The molecule has 1 atom stereocenters. The van der Waals surface area contributed by atoms with E-state index in [1.54, 1.807) is 26.0 Å². The monoisotopic (exact) mass is 423 g/mol. The standard InChI is InChI=1S/C22H25F3NO2P/c1-5-10-26-21(27)14(3)13(2)19-11-17(23)12-20(15(19)4)16-6-8-18(9-7-16)28-22(24,25)29/h6-9,11-12H,5,10,29H2,1-4H3,(H,26,27)/b14-13+. The van der Waals surface area contributed by atoms with E-state index in [4.69, 9.17) is 0 Å². The van der Waals surface area contributed by atoms with Crippen LogP contribution in [0.1, 0.15) is 38.3 Å². The van der Waals surface area contributed by atoms with Gasteiger partial charge >= 0.3 is 5.85 Å². The van der Waals surface area contributed by atoms with Crippen molar-refractivity contribution in [3.05, 3.63) is 58.9 Å². The molecule has 0 fully saturated rings. The molecule has 0 spiro atoms. The highest BCUT2D eigenvalue weighted by atomic mass is 31.0. The van der Waals surface area contributed by atoms with Gasteiger partial charge in [0.2, 0.25) is 5.91 Å². The maximum atomic E-state index is 14.4. The summed E-state index contributed by atoms with van der Waals surface area (Å²) in [5, 5.41) is 2.82. The first-order valence-electron chi connectivity index (χ1n) is 9.25. The molecule has 29 heavy (non-hydrogen) atoms. The van der Waals surface area contributed by atoms with Gasteiger partial charge < -0.3 is 10.1 Å². The van der Waals surface area contributed by atoms with Crippen LogP contribution in [0.2, 0.25) is 0 Å². The molecule has 0 saturated carbocycles. The topological polar surface area (TPSA) is 38.3 Å². The summed E-state index contributed by atoms with van der Waals surface area (Å²) in [6.45, 7) is 7.86. The summed E-state index contributed by atoms with van der Waals surface area (Å²) in [6, 6.07) is 8.79. The van der Waals surface area contributed by atoms with Gasteiger partial charge in [0, 0.05) is 12.1 Å². The van der Waals surface area contributed by atoms with Gasteiger partial charge in [-0.05, 0) is 88.5 Å². The smallest absolute Gasteiger partial charge is 0.408 e. The highest BCUT2D eigenvalue weighted by Gasteiger charge is 2.23. The van der Waals surface area contributed by atoms with Gasteiger partial charge in [0.15, 0.2) is 0 Å². The third kappa shape index (κ3) is 6.07. The number of benzene rings is 2. The zero-order chi connectivity index (χ0) is 21.8. The van der Waals surface area contributed by atoms with E-state index < -0.39 is 11.7 Å². The Labute approximate surface area is 171 Å². The molecule has 156 valence electrons. The van der Waals surface area contributed by atoms with Crippen LogP contribution < -0.4 is 10.1 Å². The Bertz CT molecular complexity index is 919. The van der Waals surface area contributed by atoms with Crippen LogP contribution in [0.3, 0.4) is 0 Å². The molecule has 2 aromatic carbocycles. The zero-order valence-electron chi connectivity index (χ0n) is 16.9. The number of rotatable bonds is 7. The summed E-state index contributed by atoms with van der Waals surface area (Å²) in [4.78, 5) is 12.3. The van der Waals surface area contributed by atoms with Crippen molar-refractivity contribution < 1.29 is 22.7 Å². The van der Waals surface area contributed by atoms with Crippen LogP contribution in [-0.2, 0) is 4.79 Å². The maximum Gasteiger partial charge on any atom is 0.408 e. The van der Waals surface area contributed by atoms with Gasteiger partial charge in [0.05, 0.1) is 0 Å². The Morgan fingerprint density at radius 1 is 1.17 bits per heavy atom. The Morgan fingerprint density at radius 3 is 2.34 bits per heavy atom. The van der Waals surface area contributed by atoms with Crippen LogP contribution in [0.4, 0.5) is 13.2 Å². The third-order valence-electron chi connectivity index (χ3n) is 4.63. The largest absolute Gasteiger partial charge is 0.430 e. The lowest BCUT2D eigenvalue weighted by Gasteiger charge is -2.16. The van der Waals surface area contributed by atoms with Gasteiger partial charge in [-0.1, -0.05) is 19.1 Å². The quantitative estimate of drug-likeness (QED) is 0.443. The van der Waals surface area contributed by atoms with Crippen molar-refractivity contribution in [1.29, 1.82) is 0 Å². The number of carbonyl (C=O) groups is 1. The molecular weight excluding hydrogens is 398 g/mol. The van der Waals surface area contributed by atoms with Gasteiger partial charge in [-0.25, -0.2) is 4.39 Å². The third-order valence-corrected chi connectivity index (χ3v) is 4.75. The summed E-state index contributed by atoms with van der Waals surface area (Å²) < 4.78 is 44.8. The van der Waals surface area contributed by atoms with Crippen molar-refractivity contribution in [3.63, 3.8) is 0 Å². The fourth-order valence-corrected chi connectivity index (χ4v) is 3.11. The van der Waals surface area contributed by atoms with E-state index >= 15 is 0 Å². The molecule has 0 aliphatic carbocycles. The van der Waals surface area contributed by atoms with Crippen LogP contribution in [0.15, 0.2) is 42.0 Å². The maximum absolute atomic E-state index is 14.4. The predicted molar refractivity (Wildman–Crippen MR) is 113 cm³/mol. The molecule has 0 bridgehead atoms. The second kappa shape index (κ2) is 9.45. The van der Waals surface area contributed by atoms with Gasteiger partial charge in [-0.15, -0.1) is 0 Å². The van der Waals surface area contributed by atoms with E-state index in [-0.39, 0.29) is 11.7 Å². The first-order valence-corrected chi connectivity index (χ1v) is 9.83. The number of carbonyl (C=O) groups excluding carboxylic acids is 1. The molecule has 2 aromatic rings. The van der Waals surface area contributed by atoms with Gasteiger partial charge in [0.1, 0.15) is 11.6 Å². The van der Waals surface area contributed by atoms with Crippen molar-refractivity contribution in [3.8, 4) is 16.9 Å². The minimum absolute atomic E-state index is 0.00236. The van der Waals surface area contributed by atoms with Crippen LogP contribution in [-0.4, -0.2) is 18.3 Å². The fourth-order valence-electron chi connectivity index (χ4n) is 2.97. The average Bonchev–Trinajstić information content (AvgIpc) is 2.66. The second-order valence-electron chi connectivity index (χ2n) is 6.82. The fraction of sp³-hybridized carbons (Fsp3) is 0.318. The van der Waals surface area contributed by atoms with Gasteiger partial charge in [-0.2, -0.15) is 8.78 Å². The highest BCUT2D eigenvalue weighted by molar-refractivity contribution is 7.17. The average molecular weight is 423 g/mol. The second-order valence-corrected chi connectivity index (χ2v) is 7.49. The van der Waals surface area contributed by atoms with Crippen LogP contribution in [0, 0.1) is 12.7 Å². The van der Waals surface area contributed by atoms with Crippen molar-refractivity contribution >= 4 is 20.7 Å². The van der Waals surface area contributed by atoms with Crippen molar-refractivity contribution in [2.24, 2.45) is 0 Å². The molecule has 2 rings (SSSR count). The Morgan fingerprint density at radius 2 is 1.79 bits per heavy atom. The molecular formula is C22H25F3NO2P. The summed E-state index contributed by atoms with van der Waals surface area (Å²) in [7, 11) is 1.31. The van der Waals surface area contributed by atoms with E-state index in [0.717, 1.165) is 12.0 Å². The highest BCUT2D eigenvalue weighted by Crippen LogP contribution is 2.34. The normalized spacial score (nSPS) is 12.4. The Balaban J connectivity index is 2.44. The molecule has 1 amide bonds. The molecule has 7 heteroatoms. The number of allylic oxidation sites excluding steroid dienone is 1. The molecule has 0 saturated heterocycles. The molecule has 0 heterocycles. The summed E-state index contributed by atoms with van der Waals surface area (Å²) in [5.41, 5.74) is 3.88. The van der Waals surface area contributed by atoms with Crippen LogP contribution in [0.25, 0.3) is 16.7 Å². The van der Waals surface area contributed by atoms with Crippen LogP contribution >= 0.6 is 9.24 Å². The van der Waals surface area contributed by atoms with Crippen molar-refractivity contribution in [2.45, 2.75) is 40.0 Å². The number of nitrogens with one attached hydrogen (secondary N) is 1. The lowest BCUT2D eigenvalue weighted by Crippen LogP contribution is -2.25. The molecule has 3 nitrogen and oxygen atoms in total. The molecule has 0 aliphatic rings. The minimum Gasteiger partial charge on any atom is -0.430 e. The van der Waals surface area contributed by atoms with E-state index in [1.165, 1.54) is 33.5 Å². The molecule has 1 N–H and O–H groups in total. The number of amides is 1. The first kappa shape index (κ1) is 23.0. The summed E-state index contributed by atoms with van der Waals surface area (Å²) >= 11 is 0. The summed E-state index contributed by atoms with van der Waals surface area (Å²) in [5.74, 6) is -3.99. The molecule has 0 radical (unpaired) electrons. The Hall–Kier alpha value is -2.33. The SMILES string of the molecule is CCCNC(=O)/C(C)=C(\C)c1cc(F)cc(-c2ccc(OC(F)(F)P)cc2)c1C. The molecule has 1 unspecified atom stereocenters.